The van der Waals surface area contributed by atoms with Crippen LogP contribution in [0.1, 0.15) is 37.0 Å². The van der Waals surface area contributed by atoms with Crippen molar-refractivity contribution in [2.24, 2.45) is 5.16 Å². The molecule has 5 rings (SSSR count). The molecule has 1 unspecified atom stereocenters. The van der Waals surface area contributed by atoms with Crippen LogP contribution >= 0.6 is 23.1 Å². The van der Waals surface area contributed by atoms with Crippen LogP contribution in [0.4, 0.5) is 5.13 Å². The number of nitrogen functional groups attached to an aromatic ring is 1. The lowest BCUT2D eigenvalue weighted by Crippen LogP contribution is -2.71. The SMILES string of the molecule is CCn1c(C(=O)NCC2=C(C(=O)O)N3C(=O)C(NC(=O)/C(=N\OC(C)(C)C(=O)O)c4csc(N)n4)[C@H]3SC2)cc(=O)c2cccnc21. The second kappa shape index (κ2) is 12.8. The maximum Gasteiger partial charge on any atom is 0.352 e. The van der Waals surface area contributed by atoms with E-state index in [1.807, 2.05) is 0 Å². The van der Waals surface area contributed by atoms with Gasteiger partial charge < -0.3 is 36.0 Å². The third-order valence-corrected chi connectivity index (χ3v) is 9.29. The zero-order valence-corrected chi connectivity index (χ0v) is 26.7. The number of rotatable bonds is 11. The molecule has 17 nitrogen and oxygen atoms in total. The van der Waals surface area contributed by atoms with Crippen LogP contribution in [0.15, 0.2) is 51.0 Å². The Bertz CT molecular complexity index is 1950. The summed E-state index contributed by atoms with van der Waals surface area (Å²) in [5.41, 5.74) is 3.29. The number of thiazole rings is 1. The number of carbonyl (C=O) groups is 5. The van der Waals surface area contributed by atoms with Crippen molar-refractivity contribution in [3.8, 4) is 0 Å². The number of carboxylic acid groups (broad SMARTS) is 2. The van der Waals surface area contributed by atoms with Crippen molar-refractivity contribution in [1.29, 1.82) is 0 Å². The second-order valence-corrected chi connectivity index (χ2v) is 12.7. The molecule has 0 spiro atoms. The summed E-state index contributed by atoms with van der Waals surface area (Å²) in [5.74, 6) is -4.98. The van der Waals surface area contributed by atoms with Gasteiger partial charge in [-0.25, -0.2) is 19.6 Å². The molecule has 0 bridgehead atoms. The average Bonchev–Trinajstić information content (AvgIpc) is 3.47. The molecule has 0 radical (unpaired) electrons. The Hall–Kier alpha value is -5.30. The van der Waals surface area contributed by atoms with Gasteiger partial charge in [0.1, 0.15) is 34.1 Å². The summed E-state index contributed by atoms with van der Waals surface area (Å²) in [7, 11) is 0. The zero-order valence-electron chi connectivity index (χ0n) is 25.0. The van der Waals surface area contributed by atoms with E-state index >= 15 is 0 Å². The highest BCUT2D eigenvalue weighted by Crippen LogP contribution is 2.40. The number of nitrogens with zero attached hydrogens (tertiary/aromatic N) is 5. The minimum absolute atomic E-state index is 0.0223. The van der Waals surface area contributed by atoms with Crippen molar-refractivity contribution in [3.63, 3.8) is 0 Å². The Morgan fingerprint density at radius 2 is 1.98 bits per heavy atom. The number of fused-ring (bicyclic) bond motifs is 2. The number of thioether (sulfide) groups is 1. The van der Waals surface area contributed by atoms with Crippen molar-refractivity contribution >= 4 is 74.6 Å². The van der Waals surface area contributed by atoms with E-state index in [-0.39, 0.29) is 40.1 Å². The molecule has 5 heterocycles. The summed E-state index contributed by atoms with van der Waals surface area (Å²) in [6.45, 7) is 4.32. The molecule has 2 aliphatic rings. The molecular weight excluding hydrogens is 656 g/mol. The predicted octanol–water partition coefficient (Wildman–Crippen LogP) is 0.208. The highest BCUT2D eigenvalue weighted by atomic mass is 32.2. The van der Waals surface area contributed by atoms with E-state index in [1.165, 1.54) is 31.5 Å². The number of oxime groups is 1. The van der Waals surface area contributed by atoms with Gasteiger partial charge in [-0.1, -0.05) is 5.16 Å². The van der Waals surface area contributed by atoms with E-state index in [0.29, 0.717) is 17.6 Å². The highest BCUT2D eigenvalue weighted by molar-refractivity contribution is 8.00. The molecule has 3 aromatic heterocycles. The van der Waals surface area contributed by atoms with Gasteiger partial charge in [-0.2, -0.15) is 0 Å². The number of aryl methyl sites for hydroxylation is 1. The highest BCUT2D eigenvalue weighted by Gasteiger charge is 2.54. The number of amides is 3. The largest absolute Gasteiger partial charge is 0.478 e. The normalized spacial score (nSPS) is 18.0. The molecule has 1 fully saturated rings. The summed E-state index contributed by atoms with van der Waals surface area (Å²) in [6.07, 6.45) is 1.51. The van der Waals surface area contributed by atoms with Crippen LogP contribution < -0.4 is 21.8 Å². The Labute approximate surface area is 273 Å². The van der Waals surface area contributed by atoms with Crippen LogP contribution in [0.3, 0.4) is 0 Å². The molecule has 1 saturated heterocycles. The first-order chi connectivity index (χ1) is 22.2. The fourth-order valence-corrected chi connectivity index (χ4v) is 6.71. The van der Waals surface area contributed by atoms with E-state index in [1.54, 1.807) is 23.6 Å². The Kier molecular flexibility index (Phi) is 9.03. The minimum Gasteiger partial charge on any atom is -0.478 e. The Morgan fingerprint density at radius 3 is 2.62 bits per heavy atom. The molecule has 0 saturated carbocycles. The molecular formula is C28H28N8O9S2. The minimum atomic E-state index is -1.80. The van der Waals surface area contributed by atoms with E-state index in [9.17, 15) is 39.0 Å². The number of hydrogen-bond donors (Lipinski definition) is 5. The summed E-state index contributed by atoms with van der Waals surface area (Å²) in [5, 5.41) is 29.3. The second-order valence-electron chi connectivity index (χ2n) is 10.7. The van der Waals surface area contributed by atoms with Crippen LogP contribution in [0.5, 0.6) is 0 Å². The number of hydrogen-bond acceptors (Lipinski definition) is 13. The number of β-lactam (4-membered cyclic amide) rings is 1. The maximum absolute atomic E-state index is 13.3. The third-order valence-electron chi connectivity index (χ3n) is 7.27. The number of carboxylic acids is 2. The molecule has 3 amide bonds. The summed E-state index contributed by atoms with van der Waals surface area (Å²) in [4.78, 5) is 90.5. The predicted molar refractivity (Wildman–Crippen MR) is 170 cm³/mol. The molecule has 2 aliphatic heterocycles. The van der Waals surface area contributed by atoms with Crippen molar-refractivity contribution in [2.75, 3.05) is 18.0 Å². The third kappa shape index (κ3) is 6.26. The molecule has 0 aliphatic carbocycles. The number of aromatic nitrogens is 3. The summed E-state index contributed by atoms with van der Waals surface area (Å²) in [6, 6.07) is 3.24. The fourth-order valence-electron chi connectivity index (χ4n) is 4.81. The summed E-state index contributed by atoms with van der Waals surface area (Å²) >= 11 is 2.15. The molecule has 6 N–H and O–H groups in total. The Morgan fingerprint density at radius 1 is 1.23 bits per heavy atom. The van der Waals surface area contributed by atoms with Gasteiger partial charge in [-0.15, -0.1) is 23.1 Å². The molecule has 47 heavy (non-hydrogen) atoms. The number of nitrogens with one attached hydrogen (secondary N) is 2. The first-order valence-electron chi connectivity index (χ1n) is 13.9. The van der Waals surface area contributed by atoms with Crippen molar-refractivity contribution in [3.05, 3.63) is 62.7 Å². The summed E-state index contributed by atoms with van der Waals surface area (Å²) < 4.78 is 1.57. The van der Waals surface area contributed by atoms with Crippen molar-refractivity contribution in [2.45, 2.75) is 44.3 Å². The lowest BCUT2D eigenvalue weighted by Gasteiger charge is -2.49. The van der Waals surface area contributed by atoms with Crippen molar-refractivity contribution in [1.82, 2.24) is 30.1 Å². The van der Waals surface area contributed by atoms with E-state index in [0.717, 1.165) is 28.0 Å². The van der Waals surface area contributed by atoms with Gasteiger partial charge >= 0.3 is 11.9 Å². The standard InChI is InChI=1S/C28H28N8O9S2/c1-4-35-15(8-16(37)13-6-5-7-30-20(13)35)21(38)31-9-12-10-46-24-18(23(40)36(24)19(12)25(41)42)33-22(39)17(14-11-47-27(29)32-14)34-45-28(2,3)26(43)44/h5-8,11,18,24H,4,9-10H2,1-3H3,(H2,29,32)(H,31,38)(H,33,39)(H,41,42)(H,43,44)/b34-17-/t18?,24-/m1/s1. The number of carbonyl (C=O) groups excluding carboxylic acids is 3. The average molecular weight is 685 g/mol. The quantitative estimate of drug-likeness (QED) is 0.103. The number of aliphatic carboxylic acids is 2. The van der Waals surface area contributed by atoms with E-state index < -0.39 is 57.8 Å². The van der Waals surface area contributed by atoms with Crippen molar-refractivity contribution < 1.29 is 39.0 Å². The lowest BCUT2D eigenvalue weighted by molar-refractivity contribution is -0.161. The van der Waals surface area contributed by atoms with Gasteiger partial charge in [0.05, 0.1) is 5.39 Å². The fraction of sp³-hybridized carbons (Fsp3) is 0.321. The number of nitrogens with two attached hydrogens (primary N) is 1. The van der Waals surface area contributed by atoms with E-state index in [2.05, 4.69) is 25.8 Å². The van der Waals surface area contributed by atoms with Gasteiger partial charge in [-0.05, 0) is 38.5 Å². The van der Waals surface area contributed by atoms with Gasteiger partial charge in [0.25, 0.3) is 17.7 Å². The maximum atomic E-state index is 13.3. The van der Waals surface area contributed by atoms with Crippen LogP contribution in [-0.4, -0.2) is 94.3 Å². The molecule has 3 aromatic rings. The number of anilines is 1. The van der Waals surface area contributed by atoms with Gasteiger partial charge in [0, 0.05) is 36.5 Å². The van der Waals surface area contributed by atoms with Gasteiger partial charge in [-0.3, -0.25) is 24.1 Å². The topological polar surface area (TPSA) is 248 Å². The lowest BCUT2D eigenvalue weighted by atomic mass is 10.0. The molecule has 0 aromatic carbocycles. The molecule has 246 valence electrons. The smallest absolute Gasteiger partial charge is 0.352 e. The Balaban J connectivity index is 1.34. The first kappa shape index (κ1) is 33.1. The monoisotopic (exact) mass is 684 g/mol. The van der Waals surface area contributed by atoms with Gasteiger partial charge in [0.2, 0.25) is 5.60 Å². The van der Waals surface area contributed by atoms with Crippen LogP contribution in [0, 0.1) is 0 Å². The molecule has 19 heteroatoms. The van der Waals surface area contributed by atoms with Crippen LogP contribution in [0.2, 0.25) is 0 Å². The first-order valence-corrected chi connectivity index (χ1v) is 15.9. The van der Waals surface area contributed by atoms with Gasteiger partial charge in [0.15, 0.2) is 16.3 Å². The van der Waals surface area contributed by atoms with E-state index in [4.69, 9.17) is 10.6 Å². The molecule has 2 atom stereocenters. The number of pyridine rings is 2. The van der Waals surface area contributed by atoms with Crippen LogP contribution in [0.25, 0.3) is 11.0 Å². The zero-order chi connectivity index (χ0) is 34.2. The van der Waals surface area contributed by atoms with Crippen LogP contribution in [-0.2, 0) is 30.6 Å².